The highest BCUT2D eigenvalue weighted by Gasteiger charge is 2.06. The smallest absolute Gasteiger partial charge is 0.277 e. The first-order chi connectivity index (χ1) is 14.5. The monoisotopic (exact) mass is 422 g/mol. The van der Waals surface area contributed by atoms with E-state index in [0.29, 0.717) is 17.4 Å². The number of ether oxygens (including phenoxy) is 2. The van der Waals surface area contributed by atoms with Crippen molar-refractivity contribution in [1.29, 1.82) is 0 Å². The molecule has 3 aromatic carbocycles. The summed E-state index contributed by atoms with van der Waals surface area (Å²) in [6.45, 7) is 4.16. The SMILES string of the molecule is Cc1cc(OCC(=O)N/N=C\c2ccc(OCc3ccccc3)cc2)cc(C)c1Cl. The van der Waals surface area contributed by atoms with Gasteiger partial charge < -0.3 is 9.47 Å². The third-order valence-electron chi connectivity index (χ3n) is 4.31. The second-order valence-corrected chi connectivity index (χ2v) is 7.17. The third kappa shape index (κ3) is 6.36. The van der Waals surface area contributed by atoms with Crippen LogP contribution in [0, 0.1) is 13.8 Å². The lowest BCUT2D eigenvalue weighted by Gasteiger charge is -2.09. The number of nitrogens with zero attached hydrogens (tertiary/aromatic N) is 1. The molecule has 3 aromatic rings. The maximum absolute atomic E-state index is 11.9. The van der Waals surface area contributed by atoms with Crippen molar-refractivity contribution in [3.63, 3.8) is 0 Å². The van der Waals surface area contributed by atoms with Crippen LogP contribution in [0.3, 0.4) is 0 Å². The van der Waals surface area contributed by atoms with Gasteiger partial charge in [0.2, 0.25) is 0 Å². The van der Waals surface area contributed by atoms with Gasteiger partial charge in [-0.05, 0) is 72.5 Å². The van der Waals surface area contributed by atoms with Gasteiger partial charge in [0, 0.05) is 5.02 Å². The Morgan fingerprint density at radius 3 is 2.30 bits per heavy atom. The molecule has 0 aliphatic rings. The van der Waals surface area contributed by atoms with Crippen molar-refractivity contribution in [1.82, 2.24) is 5.43 Å². The lowest BCUT2D eigenvalue weighted by Crippen LogP contribution is -2.24. The number of benzene rings is 3. The molecule has 0 fully saturated rings. The van der Waals surface area contributed by atoms with E-state index in [1.165, 1.54) is 0 Å². The molecule has 5 nitrogen and oxygen atoms in total. The Kier molecular flexibility index (Phi) is 7.46. The van der Waals surface area contributed by atoms with Gasteiger partial charge in [0.25, 0.3) is 5.91 Å². The van der Waals surface area contributed by atoms with Crippen LogP contribution in [0.5, 0.6) is 11.5 Å². The minimum Gasteiger partial charge on any atom is -0.489 e. The number of hydrogen-bond donors (Lipinski definition) is 1. The van der Waals surface area contributed by atoms with Crippen LogP contribution < -0.4 is 14.9 Å². The number of aryl methyl sites for hydroxylation is 2. The minimum atomic E-state index is -0.348. The number of rotatable bonds is 8. The van der Waals surface area contributed by atoms with E-state index >= 15 is 0 Å². The molecule has 3 rings (SSSR count). The molecule has 0 spiro atoms. The molecule has 0 radical (unpaired) electrons. The van der Waals surface area contributed by atoms with E-state index in [-0.39, 0.29) is 12.5 Å². The molecule has 0 atom stereocenters. The van der Waals surface area contributed by atoms with Gasteiger partial charge in [0.1, 0.15) is 18.1 Å². The topological polar surface area (TPSA) is 59.9 Å². The maximum Gasteiger partial charge on any atom is 0.277 e. The molecule has 154 valence electrons. The Morgan fingerprint density at radius 2 is 1.63 bits per heavy atom. The number of carbonyl (C=O) groups is 1. The molecule has 0 aliphatic carbocycles. The van der Waals surface area contributed by atoms with Gasteiger partial charge in [-0.3, -0.25) is 4.79 Å². The van der Waals surface area contributed by atoms with Crippen LogP contribution in [-0.2, 0) is 11.4 Å². The zero-order valence-corrected chi connectivity index (χ0v) is 17.6. The fourth-order valence-corrected chi connectivity index (χ4v) is 2.85. The van der Waals surface area contributed by atoms with Crippen molar-refractivity contribution < 1.29 is 14.3 Å². The fourth-order valence-electron chi connectivity index (χ4n) is 2.74. The molecule has 0 saturated carbocycles. The second kappa shape index (κ2) is 10.5. The second-order valence-electron chi connectivity index (χ2n) is 6.80. The number of hydrazone groups is 1. The predicted octanol–water partition coefficient (Wildman–Crippen LogP) is 5.06. The highest BCUT2D eigenvalue weighted by molar-refractivity contribution is 6.32. The molecular formula is C24H23ClN2O3. The summed E-state index contributed by atoms with van der Waals surface area (Å²) < 4.78 is 11.3. The van der Waals surface area contributed by atoms with Crippen molar-refractivity contribution in [2.75, 3.05) is 6.61 Å². The number of hydrogen-bond acceptors (Lipinski definition) is 4. The van der Waals surface area contributed by atoms with E-state index in [4.69, 9.17) is 21.1 Å². The van der Waals surface area contributed by atoms with E-state index < -0.39 is 0 Å². The number of halogens is 1. The molecule has 0 heterocycles. The van der Waals surface area contributed by atoms with Crippen molar-refractivity contribution in [3.05, 3.63) is 94.0 Å². The van der Waals surface area contributed by atoms with Gasteiger partial charge in [-0.1, -0.05) is 41.9 Å². The van der Waals surface area contributed by atoms with Crippen LogP contribution >= 0.6 is 11.6 Å². The molecule has 6 heteroatoms. The predicted molar refractivity (Wildman–Crippen MR) is 119 cm³/mol. The highest BCUT2D eigenvalue weighted by atomic mass is 35.5. The average molecular weight is 423 g/mol. The van der Waals surface area contributed by atoms with Crippen molar-refractivity contribution in [2.24, 2.45) is 5.10 Å². The van der Waals surface area contributed by atoms with Gasteiger partial charge in [-0.25, -0.2) is 5.43 Å². The standard InChI is InChI=1S/C24H23ClN2O3/c1-17-12-22(13-18(2)24(17)25)30-16-23(28)27-26-14-19-8-10-21(11-9-19)29-15-20-6-4-3-5-7-20/h3-14H,15-16H2,1-2H3,(H,27,28)/b26-14-. The summed E-state index contributed by atoms with van der Waals surface area (Å²) in [7, 11) is 0. The van der Waals surface area contributed by atoms with E-state index in [1.54, 1.807) is 18.3 Å². The normalized spacial score (nSPS) is 10.8. The lowest BCUT2D eigenvalue weighted by atomic mass is 10.1. The van der Waals surface area contributed by atoms with Crippen LogP contribution in [0.1, 0.15) is 22.3 Å². The summed E-state index contributed by atoms with van der Waals surface area (Å²) in [5, 5.41) is 4.66. The quantitative estimate of drug-likeness (QED) is 0.407. The summed E-state index contributed by atoms with van der Waals surface area (Å²) >= 11 is 6.13. The van der Waals surface area contributed by atoms with E-state index in [9.17, 15) is 4.79 Å². The Labute approximate surface area is 181 Å². The molecule has 1 amide bonds. The Bertz CT molecular complexity index is 995. The van der Waals surface area contributed by atoms with Crippen molar-refractivity contribution in [3.8, 4) is 11.5 Å². The van der Waals surface area contributed by atoms with Crippen LogP contribution in [0.4, 0.5) is 0 Å². The Morgan fingerprint density at radius 1 is 0.967 bits per heavy atom. The van der Waals surface area contributed by atoms with E-state index in [2.05, 4.69) is 10.5 Å². The fraction of sp³-hybridized carbons (Fsp3) is 0.167. The summed E-state index contributed by atoms with van der Waals surface area (Å²) in [4.78, 5) is 11.9. The Hall–Kier alpha value is -3.31. The van der Waals surface area contributed by atoms with Gasteiger partial charge in [-0.2, -0.15) is 5.10 Å². The summed E-state index contributed by atoms with van der Waals surface area (Å²) in [5.74, 6) is 1.01. The van der Waals surface area contributed by atoms with E-state index in [1.807, 2.05) is 68.4 Å². The minimum absolute atomic E-state index is 0.135. The number of nitrogens with one attached hydrogen (secondary N) is 1. The van der Waals surface area contributed by atoms with Crippen molar-refractivity contribution >= 4 is 23.7 Å². The first-order valence-corrected chi connectivity index (χ1v) is 9.87. The van der Waals surface area contributed by atoms with Crippen LogP contribution in [0.25, 0.3) is 0 Å². The first-order valence-electron chi connectivity index (χ1n) is 9.49. The van der Waals surface area contributed by atoms with Crippen LogP contribution in [-0.4, -0.2) is 18.7 Å². The largest absolute Gasteiger partial charge is 0.489 e. The molecule has 30 heavy (non-hydrogen) atoms. The van der Waals surface area contributed by atoms with Gasteiger partial charge in [-0.15, -0.1) is 0 Å². The number of amides is 1. The van der Waals surface area contributed by atoms with Gasteiger partial charge in [0.15, 0.2) is 6.61 Å². The molecule has 0 aliphatic heterocycles. The van der Waals surface area contributed by atoms with E-state index in [0.717, 1.165) is 28.0 Å². The zero-order chi connectivity index (χ0) is 21.3. The van der Waals surface area contributed by atoms with Gasteiger partial charge in [0.05, 0.1) is 6.21 Å². The summed E-state index contributed by atoms with van der Waals surface area (Å²) in [5.41, 5.74) is 6.21. The molecule has 1 N–H and O–H groups in total. The highest BCUT2D eigenvalue weighted by Crippen LogP contribution is 2.25. The average Bonchev–Trinajstić information content (AvgIpc) is 2.76. The van der Waals surface area contributed by atoms with Gasteiger partial charge >= 0.3 is 0 Å². The van der Waals surface area contributed by atoms with Crippen LogP contribution in [0.15, 0.2) is 71.8 Å². The molecule has 0 aromatic heterocycles. The molecule has 0 bridgehead atoms. The van der Waals surface area contributed by atoms with Crippen LogP contribution in [0.2, 0.25) is 5.02 Å². The Balaban J connectivity index is 1.43. The van der Waals surface area contributed by atoms with Crippen molar-refractivity contribution in [2.45, 2.75) is 20.5 Å². The maximum atomic E-state index is 11.9. The lowest BCUT2D eigenvalue weighted by molar-refractivity contribution is -0.123. The zero-order valence-electron chi connectivity index (χ0n) is 16.9. The molecule has 0 saturated heterocycles. The first kappa shape index (κ1) is 21.4. The molecule has 0 unspecified atom stereocenters. The number of carbonyl (C=O) groups excluding carboxylic acids is 1. The summed E-state index contributed by atoms with van der Waals surface area (Å²) in [6.07, 6.45) is 1.56. The summed E-state index contributed by atoms with van der Waals surface area (Å²) in [6, 6.07) is 21.0. The molecular weight excluding hydrogens is 400 g/mol. The third-order valence-corrected chi connectivity index (χ3v) is 4.91.